The Bertz CT molecular complexity index is 1050. The van der Waals surface area contributed by atoms with E-state index in [1.807, 2.05) is 19.9 Å². The zero-order valence-corrected chi connectivity index (χ0v) is 21.0. The minimum absolute atomic E-state index is 0.00461. The summed E-state index contributed by atoms with van der Waals surface area (Å²) in [4.78, 5) is 41.6. The van der Waals surface area contributed by atoms with Gasteiger partial charge >= 0.3 is 0 Å². The fourth-order valence-electron chi connectivity index (χ4n) is 3.47. The quantitative estimate of drug-likeness (QED) is 0.425. The van der Waals surface area contributed by atoms with Gasteiger partial charge in [0.05, 0.1) is 22.4 Å². The fourth-order valence-corrected chi connectivity index (χ4v) is 5.10. The Morgan fingerprint density at radius 3 is 2.48 bits per heavy atom. The number of anilines is 2. The summed E-state index contributed by atoms with van der Waals surface area (Å²) < 4.78 is 1.29. The van der Waals surface area contributed by atoms with Crippen molar-refractivity contribution < 1.29 is 14.4 Å². The van der Waals surface area contributed by atoms with Gasteiger partial charge in [0.15, 0.2) is 0 Å². The van der Waals surface area contributed by atoms with Crippen LogP contribution in [-0.2, 0) is 14.4 Å². The first-order chi connectivity index (χ1) is 15.6. The van der Waals surface area contributed by atoms with Crippen molar-refractivity contribution >= 4 is 52.6 Å². The van der Waals surface area contributed by atoms with E-state index in [0.717, 1.165) is 11.8 Å². The maximum Gasteiger partial charge on any atom is 0.250 e. The normalized spacial score (nSPS) is 15.5. The number of nitrogens with one attached hydrogen (secondary N) is 1. The fraction of sp³-hybridized carbons (Fsp3) is 0.476. The smallest absolute Gasteiger partial charge is 0.250 e. The van der Waals surface area contributed by atoms with E-state index < -0.39 is 10.8 Å². The van der Waals surface area contributed by atoms with E-state index in [0.29, 0.717) is 34.8 Å². The molecule has 0 spiro atoms. The number of amides is 3. The van der Waals surface area contributed by atoms with Gasteiger partial charge in [0.25, 0.3) is 0 Å². The minimum Gasteiger partial charge on any atom is -0.343 e. The van der Waals surface area contributed by atoms with Crippen LogP contribution in [0.5, 0.6) is 0 Å². The van der Waals surface area contributed by atoms with E-state index in [1.54, 1.807) is 43.9 Å². The number of aromatic nitrogens is 3. The zero-order valence-electron chi connectivity index (χ0n) is 19.4. The van der Waals surface area contributed by atoms with Gasteiger partial charge in [0.2, 0.25) is 28.0 Å². The third-order valence-electron chi connectivity index (χ3n) is 5.43. The zero-order chi connectivity index (χ0) is 24.3. The number of fused-ring (bicyclic) bond motifs is 1. The average molecular weight is 492 g/mol. The van der Waals surface area contributed by atoms with Gasteiger partial charge in [-0.3, -0.25) is 19.3 Å². The van der Waals surface area contributed by atoms with Crippen molar-refractivity contribution in [2.45, 2.75) is 55.7 Å². The summed E-state index contributed by atoms with van der Waals surface area (Å²) in [5.74, 6) is 5.83. The Hall–Kier alpha value is -2.73. The van der Waals surface area contributed by atoms with Gasteiger partial charge in [-0.05, 0) is 46.8 Å². The summed E-state index contributed by atoms with van der Waals surface area (Å²) in [7, 11) is 0. The Labute approximate surface area is 201 Å². The number of nitrogen functional groups attached to an aromatic ring is 1. The molecule has 1 atom stereocenters. The Balaban J connectivity index is 1.74. The number of benzene rings is 1. The van der Waals surface area contributed by atoms with Crippen molar-refractivity contribution in [3.8, 4) is 0 Å². The average Bonchev–Trinajstić information content (AvgIpc) is 3.12. The van der Waals surface area contributed by atoms with Crippen molar-refractivity contribution in [2.24, 2.45) is 0 Å². The molecule has 1 aromatic carbocycles. The van der Waals surface area contributed by atoms with Gasteiger partial charge in [0.1, 0.15) is 5.54 Å². The molecule has 0 radical (unpaired) electrons. The molecule has 3 rings (SSSR count). The standard InChI is InChI=1S/C21H29N7O3S2/c1-6-26(7-2)16(29)12-32-19-24-25-20(28(19)22)33-13(3)17(30)27-15-11-9-8-10-14(15)23-18(31)21(27,4)5/h8-11,13H,6-7,12,22H2,1-5H3,(H,23,31). The Kier molecular flexibility index (Phi) is 7.58. The molecule has 1 aliphatic heterocycles. The lowest BCUT2D eigenvalue weighted by Crippen LogP contribution is -2.60. The molecule has 0 bridgehead atoms. The van der Waals surface area contributed by atoms with Gasteiger partial charge < -0.3 is 16.1 Å². The molecular weight excluding hydrogens is 462 g/mol. The van der Waals surface area contributed by atoms with Crippen LogP contribution in [-0.4, -0.2) is 67.1 Å². The Morgan fingerprint density at radius 1 is 1.18 bits per heavy atom. The van der Waals surface area contributed by atoms with E-state index in [2.05, 4.69) is 15.5 Å². The van der Waals surface area contributed by atoms with Crippen molar-refractivity contribution in [1.82, 2.24) is 19.8 Å². The van der Waals surface area contributed by atoms with Gasteiger partial charge in [0, 0.05) is 13.1 Å². The highest BCUT2D eigenvalue weighted by molar-refractivity contribution is 8.00. The van der Waals surface area contributed by atoms with Crippen LogP contribution >= 0.6 is 23.5 Å². The maximum atomic E-state index is 13.5. The molecule has 3 amide bonds. The molecule has 2 aromatic rings. The van der Waals surface area contributed by atoms with E-state index >= 15 is 0 Å². The van der Waals surface area contributed by atoms with Gasteiger partial charge in [-0.15, -0.1) is 10.2 Å². The number of nitrogens with two attached hydrogens (primary N) is 1. The topological polar surface area (TPSA) is 126 Å². The number of carbonyl (C=O) groups is 3. The number of thioether (sulfide) groups is 2. The van der Waals surface area contributed by atoms with Crippen LogP contribution in [0.2, 0.25) is 0 Å². The molecule has 0 fully saturated rings. The molecule has 2 heterocycles. The monoisotopic (exact) mass is 491 g/mol. The molecule has 178 valence electrons. The van der Waals surface area contributed by atoms with Crippen molar-refractivity contribution in [1.29, 1.82) is 0 Å². The van der Waals surface area contributed by atoms with Crippen LogP contribution < -0.4 is 16.1 Å². The van der Waals surface area contributed by atoms with Crippen LogP contribution in [0.1, 0.15) is 34.6 Å². The second-order valence-electron chi connectivity index (χ2n) is 7.95. The molecule has 1 aliphatic rings. The summed E-state index contributed by atoms with van der Waals surface area (Å²) in [5.41, 5.74) is 0.161. The lowest BCUT2D eigenvalue weighted by Gasteiger charge is -2.43. The van der Waals surface area contributed by atoms with Crippen molar-refractivity contribution in [3.05, 3.63) is 24.3 Å². The molecule has 33 heavy (non-hydrogen) atoms. The largest absolute Gasteiger partial charge is 0.343 e. The number of nitrogens with zero attached hydrogens (tertiary/aromatic N) is 5. The van der Waals surface area contributed by atoms with E-state index in [1.165, 1.54) is 21.3 Å². The first-order valence-electron chi connectivity index (χ1n) is 10.6. The molecule has 1 unspecified atom stereocenters. The number of carbonyl (C=O) groups excluding carboxylic acids is 3. The SMILES string of the molecule is CCN(CC)C(=O)CSc1nnc(SC(C)C(=O)N2c3ccccc3NC(=O)C2(C)C)n1N. The summed E-state index contributed by atoms with van der Waals surface area (Å²) in [6.07, 6.45) is 0. The highest BCUT2D eigenvalue weighted by Crippen LogP contribution is 2.38. The predicted octanol–water partition coefficient (Wildman–Crippen LogP) is 2.20. The molecule has 0 saturated heterocycles. The second-order valence-corrected chi connectivity index (χ2v) is 10.2. The van der Waals surface area contributed by atoms with Gasteiger partial charge in [-0.2, -0.15) is 0 Å². The van der Waals surface area contributed by atoms with Crippen LogP contribution in [0, 0.1) is 0 Å². The lowest BCUT2D eigenvalue weighted by molar-refractivity contribution is -0.128. The highest BCUT2D eigenvalue weighted by Gasteiger charge is 2.45. The second kappa shape index (κ2) is 10.0. The predicted molar refractivity (Wildman–Crippen MR) is 131 cm³/mol. The highest BCUT2D eigenvalue weighted by atomic mass is 32.2. The van der Waals surface area contributed by atoms with Crippen molar-refractivity contribution in [2.75, 3.05) is 34.9 Å². The van der Waals surface area contributed by atoms with E-state index in [-0.39, 0.29) is 23.5 Å². The Morgan fingerprint density at radius 2 is 1.82 bits per heavy atom. The number of rotatable bonds is 8. The summed E-state index contributed by atoms with van der Waals surface area (Å²) in [5, 5.41) is 11.2. The summed E-state index contributed by atoms with van der Waals surface area (Å²) >= 11 is 2.35. The minimum atomic E-state index is -1.07. The molecule has 10 nitrogen and oxygen atoms in total. The van der Waals surface area contributed by atoms with E-state index in [4.69, 9.17) is 5.84 Å². The molecule has 0 saturated carbocycles. The molecule has 12 heteroatoms. The van der Waals surface area contributed by atoms with Crippen molar-refractivity contribution in [3.63, 3.8) is 0 Å². The number of hydrogen-bond donors (Lipinski definition) is 2. The van der Waals surface area contributed by atoms with Gasteiger partial charge in [-0.25, -0.2) is 4.68 Å². The first-order valence-corrected chi connectivity index (χ1v) is 12.5. The third kappa shape index (κ3) is 4.96. The number of hydrogen-bond acceptors (Lipinski definition) is 8. The summed E-state index contributed by atoms with van der Waals surface area (Å²) in [6, 6.07) is 7.20. The lowest BCUT2D eigenvalue weighted by atomic mass is 9.96. The summed E-state index contributed by atoms with van der Waals surface area (Å²) in [6.45, 7) is 10.3. The molecule has 1 aromatic heterocycles. The van der Waals surface area contributed by atoms with Crippen LogP contribution in [0.25, 0.3) is 0 Å². The van der Waals surface area contributed by atoms with E-state index in [9.17, 15) is 14.4 Å². The molecule has 3 N–H and O–H groups in total. The molecule has 0 aliphatic carbocycles. The van der Waals surface area contributed by atoms with Crippen LogP contribution in [0.15, 0.2) is 34.6 Å². The number of para-hydroxylation sites is 2. The van der Waals surface area contributed by atoms with Crippen LogP contribution in [0.3, 0.4) is 0 Å². The third-order valence-corrected chi connectivity index (χ3v) is 7.40. The first kappa shape index (κ1) is 24.9. The molecular formula is C21H29N7O3S2. The maximum absolute atomic E-state index is 13.5. The van der Waals surface area contributed by atoms with Gasteiger partial charge in [-0.1, -0.05) is 35.7 Å². The van der Waals surface area contributed by atoms with Crippen LogP contribution in [0.4, 0.5) is 11.4 Å².